The van der Waals surface area contributed by atoms with Crippen molar-refractivity contribution in [2.75, 3.05) is 5.75 Å². The summed E-state index contributed by atoms with van der Waals surface area (Å²) in [5, 5.41) is 11.4. The van der Waals surface area contributed by atoms with Gasteiger partial charge in [0.2, 0.25) is 5.91 Å². The van der Waals surface area contributed by atoms with E-state index in [1.54, 1.807) is 6.92 Å². The number of aliphatic carboxylic acids is 1. The summed E-state index contributed by atoms with van der Waals surface area (Å²) in [6.45, 7) is 5.73. The van der Waals surface area contributed by atoms with Crippen LogP contribution in [0.2, 0.25) is 0 Å². The van der Waals surface area contributed by atoms with Crippen molar-refractivity contribution in [1.29, 1.82) is 0 Å². The number of hydrogen-bond donors (Lipinski definition) is 2. The summed E-state index contributed by atoms with van der Waals surface area (Å²) >= 11 is 1.43. The zero-order chi connectivity index (χ0) is 14.4. The van der Waals surface area contributed by atoms with Gasteiger partial charge in [-0.1, -0.05) is 24.6 Å². The van der Waals surface area contributed by atoms with Crippen LogP contribution in [-0.2, 0) is 9.59 Å². The number of carbonyl (C=O) groups excluding carboxylic acids is 1. The molecule has 19 heavy (non-hydrogen) atoms. The molecule has 1 atom stereocenters. The molecule has 0 saturated heterocycles. The molecule has 2 N–H and O–H groups in total. The smallest absolute Gasteiger partial charge is 0.326 e. The Morgan fingerprint density at radius 2 is 2.05 bits per heavy atom. The minimum atomic E-state index is -0.993. The average Bonchev–Trinajstić information content (AvgIpc) is 2.36. The van der Waals surface area contributed by atoms with Crippen LogP contribution in [0.4, 0.5) is 0 Å². The highest BCUT2D eigenvalue weighted by atomic mass is 32.2. The molecule has 0 aromatic heterocycles. The number of thioether (sulfide) groups is 1. The van der Waals surface area contributed by atoms with Crippen LogP contribution >= 0.6 is 11.8 Å². The number of carboxylic acid groups (broad SMARTS) is 1. The van der Waals surface area contributed by atoms with Crippen LogP contribution in [0, 0.1) is 13.8 Å². The third kappa shape index (κ3) is 4.95. The first-order valence-electron chi connectivity index (χ1n) is 6.16. The van der Waals surface area contributed by atoms with Crippen molar-refractivity contribution in [3.63, 3.8) is 0 Å². The lowest BCUT2D eigenvalue weighted by Crippen LogP contribution is -2.41. The zero-order valence-corrected chi connectivity index (χ0v) is 12.2. The summed E-state index contributed by atoms with van der Waals surface area (Å²) in [7, 11) is 0. The van der Waals surface area contributed by atoms with Gasteiger partial charge in [-0.2, -0.15) is 0 Å². The Labute approximate surface area is 117 Å². The van der Waals surface area contributed by atoms with Gasteiger partial charge in [0.25, 0.3) is 0 Å². The highest BCUT2D eigenvalue weighted by Gasteiger charge is 2.17. The molecule has 0 fully saturated rings. The molecule has 0 heterocycles. The summed E-state index contributed by atoms with van der Waals surface area (Å²) in [5.41, 5.74) is 2.26. The van der Waals surface area contributed by atoms with Gasteiger partial charge in [-0.25, -0.2) is 4.79 Å². The summed E-state index contributed by atoms with van der Waals surface area (Å²) < 4.78 is 0. The molecule has 0 aliphatic rings. The minimum absolute atomic E-state index is 0.230. The molecule has 0 aliphatic heterocycles. The van der Waals surface area contributed by atoms with Crippen LogP contribution in [0.25, 0.3) is 0 Å². The van der Waals surface area contributed by atoms with E-state index in [-0.39, 0.29) is 11.7 Å². The molecule has 1 amide bonds. The highest BCUT2D eigenvalue weighted by Crippen LogP contribution is 2.23. The van der Waals surface area contributed by atoms with Crippen LogP contribution in [-0.4, -0.2) is 28.8 Å². The van der Waals surface area contributed by atoms with Gasteiger partial charge in [0, 0.05) is 4.90 Å². The van der Waals surface area contributed by atoms with Gasteiger partial charge in [-0.15, -0.1) is 11.8 Å². The summed E-state index contributed by atoms with van der Waals surface area (Å²) in [4.78, 5) is 23.6. The van der Waals surface area contributed by atoms with Gasteiger partial charge in [0.05, 0.1) is 5.75 Å². The standard InChI is InChI=1S/C14H19NO3S/c1-4-11(14(17)18)15-13(16)8-19-12-7-9(2)5-6-10(12)3/h5-7,11H,4,8H2,1-3H3,(H,15,16)(H,17,18). The molecule has 5 heteroatoms. The van der Waals surface area contributed by atoms with Gasteiger partial charge >= 0.3 is 5.97 Å². The topological polar surface area (TPSA) is 66.4 Å². The van der Waals surface area contributed by atoms with Crippen molar-refractivity contribution in [2.45, 2.75) is 38.1 Å². The Balaban J connectivity index is 2.54. The second-order valence-electron chi connectivity index (χ2n) is 4.42. The van der Waals surface area contributed by atoms with E-state index in [9.17, 15) is 9.59 Å². The maximum absolute atomic E-state index is 11.7. The maximum Gasteiger partial charge on any atom is 0.326 e. The van der Waals surface area contributed by atoms with Crippen LogP contribution in [0.15, 0.2) is 23.1 Å². The molecule has 1 rings (SSSR count). The molecule has 4 nitrogen and oxygen atoms in total. The van der Waals surface area contributed by atoms with Crippen molar-refractivity contribution < 1.29 is 14.7 Å². The first-order valence-corrected chi connectivity index (χ1v) is 7.14. The fourth-order valence-corrected chi connectivity index (χ4v) is 2.52. The fourth-order valence-electron chi connectivity index (χ4n) is 1.58. The molecule has 0 saturated carbocycles. The Morgan fingerprint density at radius 3 is 2.63 bits per heavy atom. The SMILES string of the molecule is CCC(NC(=O)CSc1cc(C)ccc1C)C(=O)O. The quantitative estimate of drug-likeness (QED) is 0.786. The number of amides is 1. The van der Waals surface area contributed by atoms with Crippen molar-refractivity contribution in [3.05, 3.63) is 29.3 Å². The predicted octanol–water partition coefficient (Wildman–Crippen LogP) is 2.37. The van der Waals surface area contributed by atoms with E-state index in [1.807, 2.05) is 32.0 Å². The molecule has 1 aromatic carbocycles. The highest BCUT2D eigenvalue weighted by molar-refractivity contribution is 8.00. The number of aryl methyl sites for hydroxylation is 2. The van der Waals surface area contributed by atoms with Crippen molar-refractivity contribution in [1.82, 2.24) is 5.32 Å². The van der Waals surface area contributed by atoms with Crippen LogP contribution in [0.5, 0.6) is 0 Å². The van der Waals surface area contributed by atoms with E-state index in [1.165, 1.54) is 11.8 Å². The summed E-state index contributed by atoms with van der Waals surface area (Å²) in [6.07, 6.45) is 0.384. The van der Waals surface area contributed by atoms with Crippen molar-refractivity contribution in [2.24, 2.45) is 0 Å². The average molecular weight is 281 g/mol. The Bertz CT molecular complexity index is 474. The molecule has 0 aliphatic carbocycles. The first kappa shape index (κ1) is 15.6. The molecular formula is C14H19NO3S. The molecular weight excluding hydrogens is 262 g/mol. The second kappa shape index (κ2) is 7.19. The number of rotatable bonds is 6. The number of benzene rings is 1. The lowest BCUT2D eigenvalue weighted by Gasteiger charge is -2.12. The van der Waals surface area contributed by atoms with E-state index in [2.05, 4.69) is 5.32 Å². The number of hydrogen-bond acceptors (Lipinski definition) is 3. The number of nitrogens with one attached hydrogen (secondary N) is 1. The maximum atomic E-state index is 11.7. The normalized spacial score (nSPS) is 11.9. The van der Waals surface area contributed by atoms with E-state index < -0.39 is 12.0 Å². The van der Waals surface area contributed by atoms with Gasteiger partial charge in [-0.3, -0.25) is 4.79 Å². The molecule has 1 unspecified atom stereocenters. The molecule has 0 spiro atoms. The van der Waals surface area contributed by atoms with Gasteiger partial charge in [0.1, 0.15) is 6.04 Å². The zero-order valence-electron chi connectivity index (χ0n) is 11.4. The van der Waals surface area contributed by atoms with Crippen LogP contribution in [0.1, 0.15) is 24.5 Å². The lowest BCUT2D eigenvalue weighted by molar-refractivity contribution is -0.141. The molecule has 104 valence electrons. The van der Waals surface area contributed by atoms with E-state index >= 15 is 0 Å². The predicted molar refractivity (Wildman–Crippen MR) is 76.5 cm³/mol. The largest absolute Gasteiger partial charge is 0.480 e. The Kier molecular flexibility index (Phi) is 5.89. The molecule has 1 aromatic rings. The van der Waals surface area contributed by atoms with Gasteiger partial charge in [0.15, 0.2) is 0 Å². The number of carboxylic acids is 1. The lowest BCUT2D eigenvalue weighted by atomic mass is 10.2. The third-order valence-corrected chi connectivity index (χ3v) is 3.90. The van der Waals surface area contributed by atoms with Crippen molar-refractivity contribution >= 4 is 23.6 Å². The van der Waals surface area contributed by atoms with Crippen LogP contribution in [0.3, 0.4) is 0 Å². The Morgan fingerprint density at radius 1 is 1.37 bits per heavy atom. The van der Waals surface area contributed by atoms with Crippen molar-refractivity contribution in [3.8, 4) is 0 Å². The monoisotopic (exact) mass is 281 g/mol. The van der Waals surface area contributed by atoms with Gasteiger partial charge in [-0.05, 0) is 31.9 Å². The third-order valence-electron chi connectivity index (χ3n) is 2.74. The minimum Gasteiger partial charge on any atom is -0.480 e. The fraction of sp³-hybridized carbons (Fsp3) is 0.429. The van der Waals surface area contributed by atoms with E-state index in [0.717, 1.165) is 16.0 Å². The summed E-state index contributed by atoms with van der Waals surface area (Å²) in [5.74, 6) is -1.01. The second-order valence-corrected chi connectivity index (χ2v) is 5.44. The van der Waals surface area contributed by atoms with E-state index in [4.69, 9.17) is 5.11 Å². The van der Waals surface area contributed by atoms with Gasteiger partial charge < -0.3 is 10.4 Å². The van der Waals surface area contributed by atoms with Crippen LogP contribution < -0.4 is 5.32 Å². The molecule has 0 bridgehead atoms. The van der Waals surface area contributed by atoms with E-state index in [0.29, 0.717) is 6.42 Å². The number of carbonyl (C=O) groups is 2. The molecule has 0 radical (unpaired) electrons. The first-order chi connectivity index (χ1) is 8.93. The summed E-state index contributed by atoms with van der Waals surface area (Å²) in [6, 6.07) is 5.27. The Hall–Kier alpha value is -1.49.